The van der Waals surface area contributed by atoms with Crippen LogP contribution in [-0.4, -0.2) is 17.9 Å². The van der Waals surface area contributed by atoms with Gasteiger partial charge in [0.25, 0.3) is 0 Å². The average molecular weight is 263 g/mol. The van der Waals surface area contributed by atoms with E-state index in [1.54, 1.807) is 14.0 Å². The maximum Gasteiger partial charge on any atom is 0.184 e. The Hall–Kier alpha value is -2.08. The Morgan fingerprint density at radius 1 is 1.50 bits per heavy atom. The fraction of sp³-hybridized carbons (Fsp3) is 0.167. The number of methoxy groups -OCH3 is 1. The van der Waals surface area contributed by atoms with Crippen molar-refractivity contribution >= 4 is 34.0 Å². The first kappa shape index (κ1) is 12.4. The predicted octanol–water partition coefficient (Wildman–Crippen LogP) is 2.00. The molecule has 3 N–H and O–H groups in total. The summed E-state index contributed by atoms with van der Waals surface area (Å²) in [6.07, 6.45) is 0. The first-order valence-electron chi connectivity index (χ1n) is 5.28. The van der Waals surface area contributed by atoms with Gasteiger partial charge < -0.3 is 14.9 Å². The maximum absolute atomic E-state index is 5.70. The maximum atomic E-state index is 5.70. The van der Waals surface area contributed by atoms with Crippen molar-refractivity contribution in [2.45, 2.75) is 6.92 Å². The summed E-state index contributed by atoms with van der Waals surface area (Å²) in [6.45, 7) is 1.80. The second kappa shape index (κ2) is 5.05. The van der Waals surface area contributed by atoms with Gasteiger partial charge in [-0.1, -0.05) is 12.1 Å². The van der Waals surface area contributed by atoms with E-state index >= 15 is 0 Å². The van der Waals surface area contributed by atoms with Crippen LogP contribution in [0.3, 0.4) is 0 Å². The quantitative estimate of drug-likeness (QED) is 0.503. The number of hydrazone groups is 1. The van der Waals surface area contributed by atoms with Gasteiger partial charge in [-0.25, -0.2) is 0 Å². The molecule has 0 radical (unpaired) electrons. The molecule has 1 aromatic carbocycles. The van der Waals surface area contributed by atoms with Crippen LogP contribution >= 0.6 is 12.2 Å². The first-order chi connectivity index (χ1) is 8.61. The molecule has 5 nitrogen and oxygen atoms in total. The Labute approximate surface area is 110 Å². The third-order valence-electron chi connectivity index (χ3n) is 2.42. The first-order valence-corrected chi connectivity index (χ1v) is 5.69. The lowest BCUT2D eigenvalue weighted by molar-refractivity contribution is 0.410. The number of ether oxygens (including phenoxy) is 1. The molecule has 1 heterocycles. The van der Waals surface area contributed by atoms with Crippen LogP contribution in [0, 0.1) is 0 Å². The lowest BCUT2D eigenvalue weighted by Crippen LogP contribution is -2.25. The number of nitrogens with zero attached hydrogens (tertiary/aromatic N) is 1. The minimum Gasteiger partial charge on any atom is -0.493 e. The Kier molecular flexibility index (Phi) is 3.47. The molecule has 1 aromatic heterocycles. The number of benzene rings is 1. The third kappa shape index (κ3) is 2.43. The highest BCUT2D eigenvalue weighted by Gasteiger charge is 2.10. The van der Waals surface area contributed by atoms with Crippen LogP contribution in [0.4, 0.5) is 0 Å². The highest BCUT2D eigenvalue weighted by atomic mass is 32.1. The normalized spacial score (nSPS) is 11.6. The monoisotopic (exact) mass is 263 g/mol. The Morgan fingerprint density at radius 2 is 2.28 bits per heavy atom. The molecule has 0 spiro atoms. The number of hydrogen-bond donors (Lipinski definition) is 2. The van der Waals surface area contributed by atoms with Gasteiger partial charge in [0, 0.05) is 5.39 Å². The van der Waals surface area contributed by atoms with E-state index in [4.69, 9.17) is 14.9 Å². The Morgan fingerprint density at radius 3 is 2.94 bits per heavy atom. The van der Waals surface area contributed by atoms with E-state index in [-0.39, 0.29) is 5.11 Å². The van der Waals surface area contributed by atoms with Crippen LogP contribution in [-0.2, 0) is 0 Å². The van der Waals surface area contributed by atoms with Crippen LogP contribution in [0.25, 0.3) is 11.0 Å². The molecule has 0 amide bonds. The molecule has 0 saturated carbocycles. The van der Waals surface area contributed by atoms with Crippen molar-refractivity contribution in [3.05, 3.63) is 30.0 Å². The number of hydrogen-bond acceptors (Lipinski definition) is 4. The summed E-state index contributed by atoms with van der Waals surface area (Å²) in [7, 11) is 1.60. The topological polar surface area (TPSA) is 72.8 Å². The summed E-state index contributed by atoms with van der Waals surface area (Å²) in [4.78, 5) is 0. The van der Waals surface area contributed by atoms with Gasteiger partial charge in [0.1, 0.15) is 5.71 Å². The van der Waals surface area contributed by atoms with Crippen molar-refractivity contribution in [2.75, 3.05) is 7.11 Å². The van der Waals surface area contributed by atoms with Gasteiger partial charge in [0.15, 0.2) is 22.2 Å². The van der Waals surface area contributed by atoms with E-state index in [2.05, 4.69) is 22.7 Å². The van der Waals surface area contributed by atoms with Crippen molar-refractivity contribution in [2.24, 2.45) is 10.8 Å². The summed E-state index contributed by atoms with van der Waals surface area (Å²) >= 11 is 4.68. The van der Waals surface area contributed by atoms with Crippen molar-refractivity contribution in [3.8, 4) is 5.75 Å². The van der Waals surface area contributed by atoms with E-state index in [0.29, 0.717) is 22.8 Å². The molecular formula is C12H13N3O2S. The zero-order valence-electron chi connectivity index (χ0n) is 10.1. The summed E-state index contributed by atoms with van der Waals surface area (Å²) in [5.74, 6) is 1.33. The zero-order valence-corrected chi connectivity index (χ0v) is 10.9. The number of thiocarbonyl (C=S) groups is 1. The Bertz CT molecular complexity index is 619. The summed E-state index contributed by atoms with van der Waals surface area (Å²) in [5.41, 5.74) is 9.17. The number of fused-ring (bicyclic) bond motifs is 1. The molecule has 6 heteroatoms. The lowest BCUT2D eigenvalue weighted by atomic mass is 10.2. The third-order valence-corrected chi connectivity index (χ3v) is 2.51. The van der Waals surface area contributed by atoms with Crippen molar-refractivity contribution in [1.29, 1.82) is 0 Å². The SMILES string of the molecule is COc1cccc2cc(C(C)=NNC(N)=S)oc12. The average Bonchev–Trinajstić information content (AvgIpc) is 2.79. The number of nitrogens with two attached hydrogens (primary N) is 1. The molecule has 0 aliphatic carbocycles. The van der Waals surface area contributed by atoms with Crippen molar-refractivity contribution in [3.63, 3.8) is 0 Å². The van der Waals surface area contributed by atoms with Crippen molar-refractivity contribution < 1.29 is 9.15 Å². The predicted molar refractivity (Wildman–Crippen MR) is 74.9 cm³/mol. The molecule has 0 unspecified atom stereocenters. The van der Waals surface area contributed by atoms with Crippen LogP contribution in [0.1, 0.15) is 12.7 Å². The minimum absolute atomic E-state index is 0.114. The standard InChI is InChI=1S/C12H13N3O2S/c1-7(14-15-12(13)18)10-6-8-4-3-5-9(16-2)11(8)17-10/h3-6H,1-2H3,(H3,13,15,18). The van der Waals surface area contributed by atoms with E-state index in [1.807, 2.05) is 24.3 Å². The molecule has 0 fully saturated rings. The number of nitrogens with one attached hydrogen (secondary N) is 1. The van der Waals surface area contributed by atoms with Gasteiger partial charge in [0.05, 0.1) is 7.11 Å². The Balaban J connectivity index is 2.41. The molecule has 0 aliphatic heterocycles. The largest absolute Gasteiger partial charge is 0.493 e. The molecule has 0 aliphatic rings. The van der Waals surface area contributed by atoms with Crippen LogP contribution in [0.5, 0.6) is 5.75 Å². The highest BCUT2D eigenvalue weighted by molar-refractivity contribution is 7.80. The van der Waals surface area contributed by atoms with Gasteiger partial charge in [-0.3, -0.25) is 5.43 Å². The molecular weight excluding hydrogens is 250 g/mol. The van der Waals surface area contributed by atoms with E-state index in [1.165, 1.54) is 0 Å². The minimum atomic E-state index is 0.114. The van der Waals surface area contributed by atoms with Gasteiger partial charge in [-0.2, -0.15) is 5.10 Å². The summed E-state index contributed by atoms with van der Waals surface area (Å²) < 4.78 is 10.9. The smallest absolute Gasteiger partial charge is 0.184 e. The van der Waals surface area contributed by atoms with Crippen LogP contribution < -0.4 is 15.9 Å². The molecule has 2 rings (SSSR count). The second-order valence-electron chi connectivity index (χ2n) is 3.66. The molecule has 18 heavy (non-hydrogen) atoms. The number of rotatable bonds is 3. The lowest BCUT2D eigenvalue weighted by Gasteiger charge is -1.99. The van der Waals surface area contributed by atoms with Gasteiger partial charge in [0.2, 0.25) is 0 Å². The summed E-state index contributed by atoms with van der Waals surface area (Å²) in [6, 6.07) is 7.58. The van der Waals surface area contributed by atoms with E-state index in [0.717, 1.165) is 5.39 Å². The summed E-state index contributed by atoms with van der Waals surface area (Å²) in [5, 5.41) is 5.08. The van der Waals surface area contributed by atoms with E-state index in [9.17, 15) is 0 Å². The van der Waals surface area contributed by atoms with E-state index < -0.39 is 0 Å². The zero-order chi connectivity index (χ0) is 13.1. The van der Waals surface area contributed by atoms with Gasteiger partial charge in [-0.15, -0.1) is 0 Å². The van der Waals surface area contributed by atoms with Crippen molar-refractivity contribution in [1.82, 2.24) is 5.43 Å². The number of furan rings is 1. The van der Waals surface area contributed by atoms with Crippen LogP contribution in [0.2, 0.25) is 0 Å². The van der Waals surface area contributed by atoms with Crippen LogP contribution in [0.15, 0.2) is 33.8 Å². The van der Waals surface area contributed by atoms with Gasteiger partial charge >= 0.3 is 0 Å². The fourth-order valence-electron chi connectivity index (χ4n) is 1.57. The highest BCUT2D eigenvalue weighted by Crippen LogP contribution is 2.28. The second-order valence-corrected chi connectivity index (χ2v) is 4.10. The molecule has 0 atom stereocenters. The van der Waals surface area contributed by atoms with Gasteiger partial charge in [-0.05, 0) is 31.3 Å². The molecule has 94 valence electrons. The fourth-order valence-corrected chi connectivity index (χ4v) is 1.62. The molecule has 0 bridgehead atoms. The molecule has 2 aromatic rings. The molecule has 0 saturated heterocycles. The number of para-hydroxylation sites is 1.